The van der Waals surface area contributed by atoms with Crippen LogP contribution in [0.25, 0.3) is 0 Å². The molecule has 0 saturated heterocycles. The number of nitrogens with one attached hydrogen (secondary N) is 1. The van der Waals surface area contributed by atoms with Crippen LogP contribution in [0.2, 0.25) is 0 Å². The van der Waals surface area contributed by atoms with Crippen LogP contribution in [0.3, 0.4) is 0 Å². The second kappa shape index (κ2) is 8.23. The third-order valence-corrected chi connectivity index (χ3v) is 4.90. The number of ether oxygens (including phenoxy) is 1. The smallest absolute Gasteiger partial charge is 0.0897 e. The van der Waals surface area contributed by atoms with E-state index >= 15 is 0 Å². The van der Waals surface area contributed by atoms with Gasteiger partial charge in [0.05, 0.1) is 18.8 Å². The van der Waals surface area contributed by atoms with Crippen LogP contribution in [0.15, 0.2) is 0 Å². The highest BCUT2D eigenvalue weighted by atomic mass is 16.5. The van der Waals surface area contributed by atoms with Gasteiger partial charge in [0.1, 0.15) is 0 Å². The Bertz CT molecular complexity index is 241. The molecular formula is C16H31NO2. The quantitative estimate of drug-likeness (QED) is 0.746. The van der Waals surface area contributed by atoms with Crippen molar-refractivity contribution in [2.24, 2.45) is 11.8 Å². The topological polar surface area (TPSA) is 41.5 Å². The SMILES string of the molecule is CC1CCCC1CNCC(O)COC1CCCCC1. The number of rotatable bonds is 7. The van der Waals surface area contributed by atoms with E-state index in [4.69, 9.17) is 4.74 Å². The summed E-state index contributed by atoms with van der Waals surface area (Å²) < 4.78 is 5.80. The zero-order chi connectivity index (χ0) is 13.5. The average molecular weight is 269 g/mol. The summed E-state index contributed by atoms with van der Waals surface area (Å²) >= 11 is 0. The fourth-order valence-corrected chi connectivity index (χ4v) is 3.50. The van der Waals surface area contributed by atoms with E-state index in [2.05, 4.69) is 12.2 Å². The maximum Gasteiger partial charge on any atom is 0.0897 e. The molecule has 2 fully saturated rings. The molecule has 3 unspecified atom stereocenters. The van der Waals surface area contributed by atoms with Gasteiger partial charge in [-0.05, 0) is 37.6 Å². The van der Waals surface area contributed by atoms with E-state index in [1.165, 1.54) is 51.4 Å². The molecule has 0 radical (unpaired) electrons. The molecule has 112 valence electrons. The van der Waals surface area contributed by atoms with Crippen LogP contribution in [-0.4, -0.2) is 37.0 Å². The first-order valence-corrected chi connectivity index (χ1v) is 8.26. The van der Waals surface area contributed by atoms with E-state index in [0.717, 1.165) is 18.4 Å². The fraction of sp³-hybridized carbons (Fsp3) is 1.00. The van der Waals surface area contributed by atoms with Crippen molar-refractivity contribution < 1.29 is 9.84 Å². The van der Waals surface area contributed by atoms with Crippen LogP contribution in [0.1, 0.15) is 58.3 Å². The lowest BCUT2D eigenvalue weighted by Crippen LogP contribution is -2.35. The van der Waals surface area contributed by atoms with Gasteiger partial charge in [-0.25, -0.2) is 0 Å². The third kappa shape index (κ3) is 5.41. The van der Waals surface area contributed by atoms with Gasteiger partial charge >= 0.3 is 0 Å². The van der Waals surface area contributed by atoms with E-state index in [1.54, 1.807) is 0 Å². The van der Waals surface area contributed by atoms with Crippen molar-refractivity contribution >= 4 is 0 Å². The molecule has 0 amide bonds. The zero-order valence-corrected chi connectivity index (χ0v) is 12.4. The van der Waals surface area contributed by atoms with Crippen LogP contribution in [-0.2, 0) is 4.74 Å². The number of hydrogen-bond acceptors (Lipinski definition) is 3. The lowest BCUT2D eigenvalue weighted by Gasteiger charge is -2.24. The lowest BCUT2D eigenvalue weighted by atomic mass is 9.98. The van der Waals surface area contributed by atoms with Crippen LogP contribution in [0, 0.1) is 11.8 Å². The first kappa shape index (κ1) is 15.3. The molecule has 0 aromatic heterocycles. The van der Waals surface area contributed by atoms with E-state index < -0.39 is 0 Å². The minimum atomic E-state index is -0.348. The van der Waals surface area contributed by atoms with Crippen molar-refractivity contribution in [3.8, 4) is 0 Å². The summed E-state index contributed by atoms with van der Waals surface area (Å²) in [6, 6.07) is 0. The normalized spacial score (nSPS) is 30.6. The van der Waals surface area contributed by atoms with Crippen molar-refractivity contribution in [1.82, 2.24) is 5.32 Å². The summed E-state index contributed by atoms with van der Waals surface area (Å²) in [5.74, 6) is 1.66. The highest BCUT2D eigenvalue weighted by Gasteiger charge is 2.23. The van der Waals surface area contributed by atoms with E-state index in [9.17, 15) is 5.11 Å². The second-order valence-electron chi connectivity index (χ2n) is 6.57. The highest BCUT2D eigenvalue weighted by molar-refractivity contribution is 4.76. The monoisotopic (exact) mass is 269 g/mol. The van der Waals surface area contributed by atoms with Crippen LogP contribution in [0.5, 0.6) is 0 Å². The minimum absolute atomic E-state index is 0.348. The van der Waals surface area contributed by atoms with Gasteiger partial charge in [0.2, 0.25) is 0 Å². The fourth-order valence-electron chi connectivity index (χ4n) is 3.50. The van der Waals surface area contributed by atoms with Gasteiger partial charge < -0.3 is 15.2 Å². The molecule has 2 aliphatic rings. The Labute approximate surface area is 118 Å². The third-order valence-electron chi connectivity index (χ3n) is 4.90. The summed E-state index contributed by atoms with van der Waals surface area (Å²) in [4.78, 5) is 0. The van der Waals surface area contributed by atoms with Crippen molar-refractivity contribution in [2.75, 3.05) is 19.7 Å². The summed E-state index contributed by atoms with van der Waals surface area (Å²) in [6.07, 6.45) is 10.4. The predicted molar refractivity (Wildman–Crippen MR) is 78.2 cm³/mol. The lowest BCUT2D eigenvalue weighted by molar-refractivity contribution is -0.0231. The van der Waals surface area contributed by atoms with Gasteiger partial charge in [0.15, 0.2) is 0 Å². The Balaban J connectivity index is 1.50. The maximum atomic E-state index is 9.93. The maximum absolute atomic E-state index is 9.93. The first-order chi connectivity index (χ1) is 9.25. The Morgan fingerprint density at radius 2 is 1.89 bits per heavy atom. The molecule has 0 aromatic rings. The van der Waals surface area contributed by atoms with Crippen LogP contribution >= 0.6 is 0 Å². The zero-order valence-electron chi connectivity index (χ0n) is 12.4. The molecule has 2 N–H and O–H groups in total. The summed E-state index contributed by atoms with van der Waals surface area (Å²) in [6.45, 7) is 4.58. The molecule has 2 rings (SSSR count). The van der Waals surface area contributed by atoms with Gasteiger partial charge in [-0.3, -0.25) is 0 Å². The van der Waals surface area contributed by atoms with Crippen molar-refractivity contribution in [1.29, 1.82) is 0 Å². The molecule has 3 heteroatoms. The van der Waals surface area contributed by atoms with E-state index in [0.29, 0.717) is 19.3 Å². The van der Waals surface area contributed by atoms with Crippen molar-refractivity contribution in [3.63, 3.8) is 0 Å². The Hall–Kier alpha value is -0.120. The van der Waals surface area contributed by atoms with Gasteiger partial charge in [-0.2, -0.15) is 0 Å². The summed E-state index contributed by atoms with van der Waals surface area (Å²) in [5, 5.41) is 13.3. The molecule has 0 spiro atoms. The number of aliphatic hydroxyl groups excluding tert-OH is 1. The van der Waals surface area contributed by atoms with Crippen LogP contribution in [0.4, 0.5) is 0 Å². The molecule has 2 saturated carbocycles. The van der Waals surface area contributed by atoms with Crippen LogP contribution < -0.4 is 5.32 Å². The molecule has 0 bridgehead atoms. The Kier molecular flexibility index (Phi) is 6.62. The molecule has 0 heterocycles. The second-order valence-corrected chi connectivity index (χ2v) is 6.57. The first-order valence-electron chi connectivity index (χ1n) is 8.26. The minimum Gasteiger partial charge on any atom is -0.389 e. The largest absolute Gasteiger partial charge is 0.389 e. The van der Waals surface area contributed by atoms with Crippen molar-refractivity contribution in [3.05, 3.63) is 0 Å². The summed E-state index contributed by atoms with van der Waals surface area (Å²) in [5.41, 5.74) is 0. The highest BCUT2D eigenvalue weighted by Crippen LogP contribution is 2.30. The Morgan fingerprint density at radius 1 is 1.11 bits per heavy atom. The molecule has 2 aliphatic carbocycles. The van der Waals surface area contributed by atoms with Gasteiger partial charge in [-0.1, -0.05) is 39.0 Å². The van der Waals surface area contributed by atoms with Gasteiger partial charge in [0.25, 0.3) is 0 Å². The molecule has 19 heavy (non-hydrogen) atoms. The predicted octanol–water partition coefficient (Wildman–Crippen LogP) is 2.72. The molecular weight excluding hydrogens is 238 g/mol. The average Bonchev–Trinajstić information content (AvgIpc) is 2.83. The number of aliphatic hydroxyl groups is 1. The van der Waals surface area contributed by atoms with E-state index in [1.807, 2.05) is 0 Å². The Morgan fingerprint density at radius 3 is 2.58 bits per heavy atom. The summed E-state index contributed by atoms with van der Waals surface area (Å²) in [7, 11) is 0. The molecule has 0 aliphatic heterocycles. The molecule has 0 aromatic carbocycles. The molecule has 3 nitrogen and oxygen atoms in total. The van der Waals surface area contributed by atoms with Crippen molar-refractivity contribution in [2.45, 2.75) is 70.5 Å². The molecule has 3 atom stereocenters. The van der Waals surface area contributed by atoms with Gasteiger partial charge in [0, 0.05) is 6.54 Å². The standard InChI is InChI=1S/C16H31NO2/c1-13-6-5-7-14(13)10-17-11-15(18)12-19-16-8-3-2-4-9-16/h13-18H,2-12H2,1H3. The van der Waals surface area contributed by atoms with Gasteiger partial charge in [-0.15, -0.1) is 0 Å². The van der Waals surface area contributed by atoms with E-state index in [-0.39, 0.29) is 6.10 Å². The number of hydrogen-bond donors (Lipinski definition) is 2.